The maximum absolute atomic E-state index is 12.3. The number of amides is 1. The van der Waals surface area contributed by atoms with Crippen LogP contribution in [0.15, 0.2) is 23.0 Å². The second-order valence-corrected chi connectivity index (χ2v) is 6.33. The summed E-state index contributed by atoms with van der Waals surface area (Å²) in [4.78, 5) is 28.4. The number of piperidine rings is 1. The molecule has 7 heteroatoms. The first kappa shape index (κ1) is 17.0. The third kappa shape index (κ3) is 3.35. The van der Waals surface area contributed by atoms with Gasteiger partial charge >= 0.3 is 0 Å². The Morgan fingerprint density at radius 2 is 2.16 bits per heavy atom. The summed E-state index contributed by atoms with van der Waals surface area (Å²) in [7, 11) is 0. The number of hydrogen-bond acceptors (Lipinski definition) is 5. The van der Waals surface area contributed by atoms with Gasteiger partial charge in [0.05, 0.1) is 11.2 Å². The first-order valence-corrected chi connectivity index (χ1v) is 8.25. The van der Waals surface area contributed by atoms with E-state index in [2.05, 4.69) is 10.3 Å². The molecular weight excluding hydrogens is 320 g/mol. The molecule has 2 heterocycles. The number of aryl methyl sites for hydroxylation is 1. The Morgan fingerprint density at radius 3 is 2.80 bits per heavy atom. The van der Waals surface area contributed by atoms with Gasteiger partial charge in [-0.1, -0.05) is 12.1 Å². The third-order valence-corrected chi connectivity index (χ3v) is 4.57. The molecule has 1 aliphatic rings. The minimum absolute atomic E-state index is 0.00283. The van der Waals surface area contributed by atoms with Gasteiger partial charge in [-0.15, -0.1) is 0 Å². The summed E-state index contributed by atoms with van der Waals surface area (Å²) in [5.74, 6) is -0.381. The van der Waals surface area contributed by atoms with Crippen molar-refractivity contribution in [1.29, 1.82) is 5.26 Å². The molecule has 3 rings (SSSR count). The number of hydrogen-bond donors (Lipinski definition) is 3. The number of pyridine rings is 1. The average Bonchev–Trinajstić information content (AvgIpc) is 2.61. The van der Waals surface area contributed by atoms with Crippen LogP contribution in [0.5, 0.6) is 0 Å². The lowest BCUT2D eigenvalue weighted by Gasteiger charge is -2.34. The van der Waals surface area contributed by atoms with Gasteiger partial charge in [-0.25, -0.2) is 0 Å². The topological polar surface area (TPSA) is 109 Å². The number of nitrogens with zero attached hydrogens (tertiary/aromatic N) is 2. The van der Waals surface area contributed by atoms with Crippen LogP contribution in [0.2, 0.25) is 0 Å². The maximum atomic E-state index is 12.3. The molecule has 7 nitrogen and oxygen atoms in total. The first-order chi connectivity index (χ1) is 12.0. The highest BCUT2D eigenvalue weighted by Crippen LogP contribution is 2.30. The van der Waals surface area contributed by atoms with Crippen molar-refractivity contribution in [3.63, 3.8) is 0 Å². The summed E-state index contributed by atoms with van der Waals surface area (Å²) >= 11 is 0. The van der Waals surface area contributed by atoms with Gasteiger partial charge in [0.1, 0.15) is 18.2 Å². The van der Waals surface area contributed by atoms with Crippen molar-refractivity contribution in [2.75, 3.05) is 24.6 Å². The van der Waals surface area contributed by atoms with Crippen molar-refractivity contribution >= 4 is 22.5 Å². The molecule has 2 aromatic rings. The fourth-order valence-electron chi connectivity index (χ4n) is 3.35. The van der Waals surface area contributed by atoms with Crippen LogP contribution in [-0.2, 0) is 4.79 Å². The zero-order chi connectivity index (χ0) is 18.0. The SMILES string of the molecule is Cc1ccc2c(N3CCC(NC(=O)CO)CC3)c(C#N)c(=O)[nH]c2c1. The second-order valence-electron chi connectivity index (χ2n) is 6.33. The van der Waals surface area contributed by atoms with Crippen LogP contribution in [0.3, 0.4) is 0 Å². The molecule has 0 atom stereocenters. The predicted molar refractivity (Wildman–Crippen MR) is 94.5 cm³/mol. The Labute approximate surface area is 144 Å². The van der Waals surface area contributed by atoms with E-state index in [4.69, 9.17) is 5.11 Å². The van der Waals surface area contributed by atoms with E-state index in [1.807, 2.05) is 36.1 Å². The smallest absolute Gasteiger partial charge is 0.268 e. The van der Waals surface area contributed by atoms with Gasteiger partial charge in [-0.2, -0.15) is 5.26 Å². The zero-order valence-electron chi connectivity index (χ0n) is 14.0. The number of aliphatic hydroxyl groups excluding tert-OH is 1. The van der Waals surface area contributed by atoms with Crippen LogP contribution >= 0.6 is 0 Å². The quantitative estimate of drug-likeness (QED) is 0.765. The molecule has 1 saturated heterocycles. The lowest BCUT2D eigenvalue weighted by Crippen LogP contribution is -2.46. The molecule has 1 aliphatic heterocycles. The number of H-pyrrole nitrogens is 1. The lowest BCUT2D eigenvalue weighted by atomic mass is 10.0. The average molecular weight is 340 g/mol. The summed E-state index contributed by atoms with van der Waals surface area (Å²) in [5.41, 5.74) is 2.15. The molecule has 130 valence electrons. The van der Waals surface area contributed by atoms with E-state index in [0.29, 0.717) is 31.6 Å². The van der Waals surface area contributed by atoms with Crippen LogP contribution in [0, 0.1) is 18.3 Å². The number of rotatable bonds is 3. The van der Waals surface area contributed by atoms with Crippen molar-refractivity contribution in [3.05, 3.63) is 39.7 Å². The zero-order valence-corrected chi connectivity index (χ0v) is 14.0. The van der Waals surface area contributed by atoms with Gasteiger partial charge in [-0.05, 0) is 31.4 Å². The number of aliphatic hydroxyl groups is 1. The van der Waals surface area contributed by atoms with E-state index < -0.39 is 6.61 Å². The number of nitrogens with one attached hydrogen (secondary N) is 2. The maximum Gasteiger partial charge on any atom is 0.268 e. The molecule has 1 fully saturated rings. The summed E-state index contributed by atoms with van der Waals surface area (Å²) in [5, 5.41) is 21.9. The number of benzene rings is 1. The molecule has 0 spiro atoms. The fourth-order valence-corrected chi connectivity index (χ4v) is 3.35. The lowest BCUT2D eigenvalue weighted by molar-refractivity contribution is -0.124. The van der Waals surface area contributed by atoms with Gasteiger partial charge in [0.25, 0.3) is 5.56 Å². The van der Waals surface area contributed by atoms with Crippen molar-refractivity contribution < 1.29 is 9.90 Å². The fraction of sp³-hybridized carbons (Fsp3) is 0.389. The number of anilines is 1. The molecule has 1 aromatic heterocycles. The predicted octanol–water partition coefficient (Wildman–Crippen LogP) is 0.786. The molecule has 0 aliphatic carbocycles. The van der Waals surface area contributed by atoms with Crippen LogP contribution in [0.1, 0.15) is 24.0 Å². The van der Waals surface area contributed by atoms with E-state index in [1.54, 1.807) is 0 Å². The number of aromatic amines is 1. The number of fused-ring (bicyclic) bond motifs is 1. The van der Waals surface area contributed by atoms with Crippen LogP contribution in [0.25, 0.3) is 10.9 Å². The third-order valence-electron chi connectivity index (χ3n) is 4.57. The van der Waals surface area contributed by atoms with Crippen LogP contribution in [0.4, 0.5) is 5.69 Å². The largest absolute Gasteiger partial charge is 0.387 e. The molecule has 0 unspecified atom stereocenters. The highest BCUT2D eigenvalue weighted by atomic mass is 16.3. The first-order valence-electron chi connectivity index (χ1n) is 8.25. The molecule has 0 bridgehead atoms. The van der Waals surface area contributed by atoms with E-state index >= 15 is 0 Å². The standard InChI is InChI=1S/C18H20N4O3/c1-11-2-3-13-15(8-11)21-18(25)14(9-19)17(13)22-6-4-12(5-7-22)20-16(24)10-23/h2-3,8,12,23H,4-7,10H2,1H3,(H,20,24)(H,21,25). The molecule has 0 radical (unpaired) electrons. The molecule has 0 saturated carbocycles. The Balaban J connectivity index is 1.95. The number of nitriles is 1. The van der Waals surface area contributed by atoms with E-state index in [-0.39, 0.29) is 23.1 Å². The molecular formula is C18H20N4O3. The Morgan fingerprint density at radius 1 is 1.44 bits per heavy atom. The van der Waals surface area contributed by atoms with E-state index in [1.165, 1.54) is 0 Å². The molecule has 3 N–H and O–H groups in total. The molecule has 1 amide bonds. The summed E-state index contributed by atoms with van der Waals surface area (Å²) in [6, 6.07) is 7.81. The number of carbonyl (C=O) groups is 1. The summed E-state index contributed by atoms with van der Waals surface area (Å²) in [6.07, 6.45) is 1.38. The number of aromatic nitrogens is 1. The van der Waals surface area contributed by atoms with Crippen molar-refractivity contribution in [2.45, 2.75) is 25.8 Å². The van der Waals surface area contributed by atoms with Gasteiger partial charge in [-0.3, -0.25) is 9.59 Å². The van der Waals surface area contributed by atoms with Crippen molar-refractivity contribution in [3.8, 4) is 6.07 Å². The van der Waals surface area contributed by atoms with Crippen molar-refractivity contribution in [2.24, 2.45) is 0 Å². The second kappa shape index (κ2) is 6.95. The molecule has 1 aromatic carbocycles. The van der Waals surface area contributed by atoms with Gasteiger partial charge < -0.3 is 20.3 Å². The van der Waals surface area contributed by atoms with E-state index in [0.717, 1.165) is 16.5 Å². The van der Waals surface area contributed by atoms with Gasteiger partial charge in [0.15, 0.2) is 0 Å². The van der Waals surface area contributed by atoms with Gasteiger partial charge in [0.2, 0.25) is 5.91 Å². The Bertz CT molecular complexity index is 905. The van der Waals surface area contributed by atoms with Crippen molar-refractivity contribution in [1.82, 2.24) is 10.3 Å². The highest BCUT2D eigenvalue weighted by molar-refractivity contribution is 5.94. The Kier molecular flexibility index (Phi) is 4.72. The van der Waals surface area contributed by atoms with Crippen LogP contribution < -0.4 is 15.8 Å². The number of carbonyl (C=O) groups excluding carboxylic acids is 1. The minimum atomic E-state index is -0.517. The minimum Gasteiger partial charge on any atom is -0.387 e. The van der Waals surface area contributed by atoms with Crippen LogP contribution in [-0.4, -0.2) is 41.7 Å². The van der Waals surface area contributed by atoms with Gasteiger partial charge in [0, 0.05) is 24.5 Å². The molecule has 25 heavy (non-hydrogen) atoms. The Hall–Kier alpha value is -2.85. The normalized spacial score (nSPS) is 15.2. The summed E-state index contributed by atoms with van der Waals surface area (Å²) in [6.45, 7) is 2.68. The summed E-state index contributed by atoms with van der Waals surface area (Å²) < 4.78 is 0. The van der Waals surface area contributed by atoms with E-state index in [9.17, 15) is 14.9 Å². The highest BCUT2D eigenvalue weighted by Gasteiger charge is 2.25. The monoisotopic (exact) mass is 340 g/mol.